The lowest BCUT2D eigenvalue weighted by molar-refractivity contribution is -0.0181. The maximum atomic E-state index is 12.4. The molecule has 5 heteroatoms. The molecule has 1 N–H and O–H groups in total. The SMILES string of the molecule is C[C@H]1CCCC[C@H]1OCc1nc2sc(-c3ccccc3)cc2c(=O)[nH]1. The van der Waals surface area contributed by atoms with E-state index in [1.165, 1.54) is 19.3 Å². The van der Waals surface area contributed by atoms with Gasteiger partial charge in [-0.25, -0.2) is 4.98 Å². The van der Waals surface area contributed by atoms with E-state index in [1.807, 2.05) is 36.4 Å². The summed E-state index contributed by atoms with van der Waals surface area (Å²) in [4.78, 5) is 21.8. The van der Waals surface area contributed by atoms with E-state index in [0.29, 0.717) is 23.7 Å². The first-order valence-electron chi connectivity index (χ1n) is 8.90. The zero-order valence-corrected chi connectivity index (χ0v) is 15.1. The Bertz CT molecular complexity index is 916. The Hall–Kier alpha value is -1.98. The number of hydrogen-bond acceptors (Lipinski definition) is 4. The molecular weight excluding hydrogens is 332 g/mol. The Morgan fingerprint density at radius 3 is 2.84 bits per heavy atom. The lowest BCUT2D eigenvalue weighted by Gasteiger charge is -2.28. The predicted molar refractivity (Wildman–Crippen MR) is 102 cm³/mol. The van der Waals surface area contributed by atoms with Crippen molar-refractivity contribution in [3.05, 3.63) is 52.6 Å². The van der Waals surface area contributed by atoms with Crippen molar-refractivity contribution in [1.29, 1.82) is 0 Å². The highest BCUT2D eigenvalue weighted by Crippen LogP contribution is 2.31. The van der Waals surface area contributed by atoms with E-state index in [1.54, 1.807) is 11.3 Å². The molecule has 25 heavy (non-hydrogen) atoms. The standard InChI is InChI=1S/C20H22N2O2S/c1-13-7-5-6-10-16(13)24-12-18-21-19(23)15-11-17(25-20(15)22-18)14-8-3-2-4-9-14/h2-4,8-9,11,13,16H,5-7,10,12H2,1H3,(H,21,22,23)/t13-,16+/m0/s1. The van der Waals surface area contributed by atoms with Gasteiger partial charge in [0.2, 0.25) is 0 Å². The van der Waals surface area contributed by atoms with Crippen molar-refractivity contribution >= 4 is 21.6 Å². The van der Waals surface area contributed by atoms with Gasteiger partial charge < -0.3 is 9.72 Å². The Morgan fingerprint density at radius 2 is 2.04 bits per heavy atom. The summed E-state index contributed by atoms with van der Waals surface area (Å²) >= 11 is 1.55. The maximum absolute atomic E-state index is 12.4. The van der Waals surface area contributed by atoms with Crippen LogP contribution in [0.1, 0.15) is 38.4 Å². The molecule has 4 nitrogen and oxygen atoms in total. The average molecular weight is 354 g/mol. The van der Waals surface area contributed by atoms with Gasteiger partial charge in [0.05, 0.1) is 11.5 Å². The van der Waals surface area contributed by atoms with Crippen molar-refractivity contribution in [1.82, 2.24) is 9.97 Å². The van der Waals surface area contributed by atoms with Crippen molar-refractivity contribution in [3.8, 4) is 10.4 Å². The summed E-state index contributed by atoms with van der Waals surface area (Å²) in [7, 11) is 0. The highest BCUT2D eigenvalue weighted by Gasteiger charge is 2.22. The van der Waals surface area contributed by atoms with Crippen molar-refractivity contribution in [2.75, 3.05) is 0 Å². The molecule has 1 aliphatic carbocycles. The number of hydrogen-bond donors (Lipinski definition) is 1. The fourth-order valence-electron chi connectivity index (χ4n) is 3.50. The smallest absolute Gasteiger partial charge is 0.259 e. The number of thiophene rings is 1. The number of ether oxygens (including phenoxy) is 1. The summed E-state index contributed by atoms with van der Waals surface area (Å²) in [5.41, 5.74) is 1.03. The van der Waals surface area contributed by atoms with Gasteiger partial charge in [-0.15, -0.1) is 11.3 Å². The molecule has 4 rings (SSSR count). The van der Waals surface area contributed by atoms with E-state index in [2.05, 4.69) is 16.9 Å². The number of aromatic amines is 1. The monoisotopic (exact) mass is 354 g/mol. The normalized spacial score (nSPS) is 20.8. The van der Waals surface area contributed by atoms with E-state index in [-0.39, 0.29) is 11.7 Å². The first kappa shape index (κ1) is 16.5. The molecule has 130 valence electrons. The van der Waals surface area contributed by atoms with E-state index in [9.17, 15) is 4.79 Å². The number of rotatable bonds is 4. The highest BCUT2D eigenvalue weighted by molar-refractivity contribution is 7.21. The molecule has 2 atom stereocenters. The molecule has 2 aromatic heterocycles. The van der Waals surface area contributed by atoms with Crippen LogP contribution in [0.15, 0.2) is 41.2 Å². The van der Waals surface area contributed by atoms with Gasteiger partial charge >= 0.3 is 0 Å². The molecule has 1 aliphatic rings. The van der Waals surface area contributed by atoms with Crippen molar-refractivity contribution in [2.24, 2.45) is 5.92 Å². The third-order valence-corrected chi connectivity index (χ3v) is 6.05. The van der Waals surface area contributed by atoms with Crippen molar-refractivity contribution < 1.29 is 4.74 Å². The van der Waals surface area contributed by atoms with Crippen LogP contribution in [-0.2, 0) is 11.3 Å². The number of benzene rings is 1. The Kier molecular flexibility index (Phi) is 4.68. The molecule has 1 aromatic carbocycles. The minimum Gasteiger partial charge on any atom is -0.370 e. The predicted octanol–water partition coefficient (Wildman–Crippen LogP) is 4.75. The third-order valence-electron chi connectivity index (χ3n) is 4.98. The van der Waals surface area contributed by atoms with Crippen LogP contribution < -0.4 is 5.56 Å². The number of aromatic nitrogens is 2. The molecule has 1 saturated carbocycles. The van der Waals surface area contributed by atoms with Gasteiger partial charge in [0.25, 0.3) is 5.56 Å². The molecule has 2 heterocycles. The van der Waals surface area contributed by atoms with Gasteiger partial charge in [-0.05, 0) is 30.4 Å². The summed E-state index contributed by atoms with van der Waals surface area (Å²) < 4.78 is 6.05. The van der Waals surface area contributed by atoms with Gasteiger partial charge in [0.1, 0.15) is 17.3 Å². The van der Waals surface area contributed by atoms with Gasteiger partial charge in [-0.3, -0.25) is 4.79 Å². The fraction of sp³-hybridized carbons (Fsp3) is 0.400. The zero-order chi connectivity index (χ0) is 17.2. The third kappa shape index (κ3) is 3.53. The summed E-state index contributed by atoms with van der Waals surface area (Å²) in [6.45, 7) is 2.62. The van der Waals surface area contributed by atoms with Crippen LogP contribution >= 0.6 is 11.3 Å². The Labute approximate surface area is 150 Å². The minimum absolute atomic E-state index is 0.0845. The van der Waals surface area contributed by atoms with Crippen LogP contribution in [0, 0.1) is 5.92 Å². The molecule has 0 bridgehead atoms. The van der Waals surface area contributed by atoms with E-state index >= 15 is 0 Å². The lowest BCUT2D eigenvalue weighted by Crippen LogP contribution is -2.26. The fourth-order valence-corrected chi connectivity index (χ4v) is 4.56. The van der Waals surface area contributed by atoms with Crippen LogP contribution in [0.25, 0.3) is 20.7 Å². The average Bonchev–Trinajstić information content (AvgIpc) is 3.07. The molecule has 1 fully saturated rings. The number of nitrogens with one attached hydrogen (secondary N) is 1. The Balaban J connectivity index is 1.58. The molecule has 0 aliphatic heterocycles. The van der Waals surface area contributed by atoms with Gasteiger partial charge in [0.15, 0.2) is 0 Å². The van der Waals surface area contributed by atoms with E-state index < -0.39 is 0 Å². The number of fused-ring (bicyclic) bond motifs is 1. The van der Waals surface area contributed by atoms with Crippen LogP contribution in [-0.4, -0.2) is 16.1 Å². The maximum Gasteiger partial charge on any atom is 0.259 e. The van der Waals surface area contributed by atoms with Crippen LogP contribution in [0.5, 0.6) is 0 Å². The van der Waals surface area contributed by atoms with Gasteiger partial charge in [-0.2, -0.15) is 0 Å². The summed E-state index contributed by atoms with van der Waals surface area (Å²) in [5.74, 6) is 1.20. The Morgan fingerprint density at radius 1 is 1.24 bits per heavy atom. The molecule has 0 unspecified atom stereocenters. The molecule has 0 amide bonds. The topological polar surface area (TPSA) is 55.0 Å². The number of nitrogens with zero attached hydrogens (tertiary/aromatic N) is 1. The molecule has 0 radical (unpaired) electrons. The molecular formula is C20H22N2O2S. The second-order valence-electron chi connectivity index (χ2n) is 6.82. The second kappa shape index (κ2) is 7.10. The van der Waals surface area contributed by atoms with Gasteiger partial charge in [0, 0.05) is 4.88 Å². The van der Waals surface area contributed by atoms with Crippen LogP contribution in [0.2, 0.25) is 0 Å². The zero-order valence-electron chi connectivity index (χ0n) is 14.3. The minimum atomic E-state index is -0.0845. The van der Waals surface area contributed by atoms with Crippen molar-refractivity contribution in [2.45, 2.75) is 45.3 Å². The second-order valence-corrected chi connectivity index (χ2v) is 7.85. The quantitative estimate of drug-likeness (QED) is 0.736. The highest BCUT2D eigenvalue weighted by atomic mass is 32.1. The van der Waals surface area contributed by atoms with E-state index in [4.69, 9.17) is 4.74 Å². The van der Waals surface area contributed by atoms with E-state index in [0.717, 1.165) is 21.7 Å². The lowest BCUT2D eigenvalue weighted by atomic mass is 9.88. The van der Waals surface area contributed by atoms with Crippen LogP contribution in [0.4, 0.5) is 0 Å². The first-order valence-corrected chi connectivity index (χ1v) is 9.72. The van der Waals surface area contributed by atoms with Crippen molar-refractivity contribution in [3.63, 3.8) is 0 Å². The molecule has 0 spiro atoms. The summed E-state index contributed by atoms with van der Waals surface area (Å²) in [6.07, 6.45) is 5.12. The molecule has 3 aromatic rings. The van der Waals surface area contributed by atoms with Crippen LogP contribution in [0.3, 0.4) is 0 Å². The largest absolute Gasteiger partial charge is 0.370 e. The first-order chi connectivity index (χ1) is 12.2. The summed E-state index contributed by atoms with van der Waals surface area (Å²) in [5, 5.41) is 0.652. The molecule has 0 saturated heterocycles. The number of H-pyrrole nitrogens is 1. The summed E-state index contributed by atoms with van der Waals surface area (Å²) in [6, 6.07) is 12.0. The van der Waals surface area contributed by atoms with Gasteiger partial charge in [-0.1, -0.05) is 50.1 Å².